The molecule has 106 valence electrons. The summed E-state index contributed by atoms with van der Waals surface area (Å²) in [6.07, 6.45) is 7.56. The zero-order valence-electron chi connectivity index (χ0n) is 11.7. The van der Waals surface area contributed by atoms with E-state index in [-0.39, 0.29) is 0 Å². The topological polar surface area (TPSA) is 46.8 Å². The van der Waals surface area contributed by atoms with Gasteiger partial charge in [0.05, 0.1) is 4.47 Å². The van der Waals surface area contributed by atoms with Crippen molar-refractivity contribution in [1.82, 2.24) is 19.5 Å². The van der Waals surface area contributed by atoms with Crippen LogP contribution in [0.15, 0.2) is 29.3 Å². The predicted octanol–water partition coefficient (Wildman–Crippen LogP) is 2.70. The van der Waals surface area contributed by atoms with E-state index in [0.29, 0.717) is 11.8 Å². The molecule has 0 atom stereocenters. The second kappa shape index (κ2) is 5.52. The van der Waals surface area contributed by atoms with E-state index < -0.39 is 0 Å². The number of hydrogen-bond acceptors (Lipinski definition) is 4. The van der Waals surface area contributed by atoms with Crippen molar-refractivity contribution in [3.05, 3.63) is 35.1 Å². The number of halogens is 1. The van der Waals surface area contributed by atoms with Crippen LogP contribution in [0.25, 0.3) is 0 Å². The molecule has 0 saturated carbocycles. The molecule has 0 unspecified atom stereocenters. The first kappa shape index (κ1) is 13.5. The molecule has 6 heteroatoms. The van der Waals surface area contributed by atoms with Crippen LogP contribution in [-0.4, -0.2) is 32.6 Å². The molecule has 20 heavy (non-hydrogen) atoms. The molecular weight excluding hydrogens is 318 g/mol. The van der Waals surface area contributed by atoms with Crippen LogP contribution in [0, 0.1) is 5.92 Å². The van der Waals surface area contributed by atoms with Gasteiger partial charge in [-0.05, 0) is 15.9 Å². The summed E-state index contributed by atoms with van der Waals surface area (Å²) in [4.78, 5) is 15.3. The summed E-state index contributed by atoms with van der Waals surface area (Å²) in [5.41, 5.74) is 0. The minimum absolute atomic E-state index is 0.469. The monoisotopic (exact) mass is 335 g/mol. The van der Waals surface area contributed by atoms with Gasteiger partial charge in [-0.3, -0.25) is 0 Å². The Morgan fingerprint density at radius 1 is 1.25 bits per heavy atom. The van der Waals surface area contributed by atoms with Gasteiger partial charge >= 0.3 is 0 Å². The molecule has 3 rings (SSSR count). The molecule has 0 amide bonds. The van der Waals surface area contributed by atoms with E-state index in [2.05, 4.69) is 60.4 Å². The lowest BCUT2D eigenvalue weighted by molar-refractivity contribution is 0.346. The first-order valence-corrected chi connectivity index (χ1v) is 7.66. The van der Waals surface area contributed by atoms with Crippen LogP contribution in [0.1, 0.15) is 25.6 Å². The molecule has 1 aliphatic heterocycles. The van der Waals surface area contributed by atoms with Gasteiger partial charge in [0.2, 0.25) is 5.95 Å². The van der Waals surface area contributed by atoms with Crippen molar-refractivity contribution in [2.24, 2.45) is 5.92 Å². The highest BCUT2D eigenvalue weighted by molar-refractivity contribution is 9.10. The molecule has 0 N–H and O–H groups in total. The summed E-state index contributed by atoms with van der Waals surface area (Å²) in [7, 11) is 0. The van der Waals surface area contributed by atoms with Gasteiger partial charge in [-0.15, -0.1) is 0 Å². The Bertz CT molecular complexity index is 572. The Kier molecular flexibility index (Phi) is 3.74. The zero-order valence-corrected chi connectivity index (χ0v) is 13.3. The molecular formula is C14H18BrN5. The molecule has 5 nitrogen and oxygen atoms in total. The molecule has 1 fully saturated rings. The number of rotatable bonds is 4. The zero-order chi connectivity index (χ0) is 14.1. The highest BCUT2D eigenvalue weighted by Crippen LogP contribution is 2.24. The number of aromatic nitrogens is 4. The fraction of sp³-hybridized carbons (Fsp3) is 0.500. The lowest BCUT2D eigenvalue weighted by Crippen LogP contribution is -2.49. The molecule has 0 radical (unpaired) electrons. The second-order valence-electron chi connectivity index (χ2n) is 5.56. The van der Waals surface area contributed by atoms with E-state index in [4.69, 9.17) is 0 Å². The number of imidazole rings is 1. The first-order valence-electron chi connectivity index (χ1n) is 6.87. The lowest BCUT2D eigenvalue weighted by Gasteiger charge is -2.39. The van der Waals surface area contributed by atoms with Crippen molar-refractivity contribution < 1.29 is 0 Å². The average molecular weight is 336 g/mol. The van der Waals surface area contributed by atoms with E-state index >= 15 is 0 Å². The molecule has 0 aromatic carbocycles. The Hall–Kier alpha value is -1.43. The highest BCUT2D eigenvalue weighted by atomic mass is 79.9. The second-order valence-corrected chi connectivity index (χ2v) is 6.48. The van der Waals surface area contributed by atoms with Crippen molar-refractivity contribution in [1.29, 1.82) is 0 Å². The van der Waals surface area contributed by atoms with Gasteiger partial charge in [-0.25, -0.2) is 15.0 Å². The van der Waals surface area contributed by atoms with Gasteiger partial charge in [0.25, 0.3) is 0 Å². The SMILES string of the molecule is CC(C)c1nccn1CC1CN(c2ncc(Br)cn2)C1. The van der Waals surface area contributed by atoms with E-state index in [9.17, 15) is 0 Å². The Balaban J connectivity index is 1.58. The van der Waals surface area contributed by atoms with Crippen LogP contribution >= 0.6 is 15.9 Å². The molecule has 0 spiro atoms. The third-order valence-corrected chi connectivity index (χ3v) is 3.98. The van der Waals surface area contributed by atoms with Crippen molar-refractivity contribution >= 4 is 21.9 Å². The van der Waals surface area contributed by atoms with Gasteiger partial charge in [-0.2, -0.15) is 0 Å². The van der Waals surface area contributed by atoms with Crippen LogP contribution < -0.4 is 4.90 Å². The van der Waals surface area contributed by atoms with Crippen LogP contribution in [0.2, 0.25) is 0 Å². The van der Waals surface area contributed by atoms with Crippen LogP contribution in [0.4, 0.5) is 5.95 Å². The third kappa shape index (κ3) is 2.70. The molecule has 1 saturated heterocycles. The summed E-state index contributed by atoms with van der Waals surface area (Å²) in [5, 5.41) is 0. The van der Waals surface area contributed by atoms with E-state index in [0.717, 1.165) is 30.1 Å². The van der Waals surface area contributed by atoms with Crippen molar-refractivity contribution in [2.75, 3.05) is 18.0 Å². The maximum absolute atomic E-state index is 4.43. The summed E-state index contributed by atoms with van der Waals surface area (Å²) >= 11 is 3.35. The molecule has 1 aliphatic rings. The fourth-order valence-corrected chi connectivity index (χ4v) is 2.78. The predicted molar refractivity (Wildman–Crippen MR) is 81.8 cm³/mol. The van der Waals surface area contributed by atoms with E-state index in [1.165, 1.54) is 5.82 Å². The Morgan fingerprint density at radius 2 is 1.95 bits per heavy atom. The molecule has 0 aliphatic carbocycles. The third-order valence-electron chi connectivity index (χ3n) is 3.57. The maximum Gasteiger partial charge on any atom is 0.225 e. The summed E-state index contributed by atoms with van der Waals surface area (Å²) in [5.74, 6) is 3.10. The van der Waals surface area contributed by atoms with E-state index in [1.807, 2.05) is 6.20 Å². The number of nitrogens with zero attached hydrogens (tertiary/aromatic N) is 5. The van der Waals surface area contributed by atoms with Crippen molar-refractivity contribution in [2.45, 2.75) is 26.3 Å². The summed E-state index contributed by atoms with van der Waals surface area (Å²) < 4.78 is 3.19. The van der Waals surface area contributed by atoms with Gasteiger partial charge in [0.1, 0.15) is 5.82 Å². The average Bonchev–Trinajstić information content (AvgIpc) is 2.83. The van der Waals surface area contributed by atoms with Crippen LogP contribution in [0.3, 0.4) is 0 Å². The first-order chi connectivity index (χ1) is 9.63. The normalized spacial score (nSPS) is 15.7. The quantitative estimate of drug-likeness (QED) is 0.861. The number of hydrogen-bond donors (Lipinski definition) is 0. The van der Waals surface area contributed by atoms with Crippen molar-refractivity contribution in [3.8, 4) is 0 Å². The molecule has 2 aromatic rings. The van der Waals surface area contributed by atoms with Gasteiger partial charge in [-0.1, -0.05) is 13.8 Å². The standard InChI is InChI=1S/C14H18BrN5/c1-10(2)13-16-3-4-19(13)7-11-8-20(9-11)14-17-5-12(15)6-18-14/h3-6,10-11H,7-9H2,1-2H3. The molecule has 0 bridgehead atoms. The van der Waals surface area contributed by atoms with Crippen LogP contribution in [0.5, 0.6) is 0 Å². The Morgan fingerprint density at radius 3 is 2.60 bits per heavy atom. The van der Waals surface area contributed by atoms with Gasteiger partial charge in [0.15, 0.2) is 0 Å². The van der Waals surface area contributed by atoms with Crippen LogP contribution in [-0.2, 0) is 6.54 Å². The minimum Gasteiger partial charge on any atom is -0.340 e. The van der Waals surface area contributed by atoms with E-state index in [1.54, 1.807) is 12.4 Å². The lowest BCUT2D eigenvalue weighted by atomic mass is 10.0. The van der Waals surface area contributed by atoms with Crippen molar-refractivity contribution in [3.63, 3.8) is 0 Å². The minimum atomic E-state index is 0.469. The maximum atomic E-state index is 4.43. The highest BCUT2D eigenvalue weighted by Gasteiger charge is 2.29. The number of anilines is 1. The van der Waals surface area contributed by atoms with Gasteiger partial charge < -0.3 is 9.47 Å². The molecule has 2 aromatic heterocycles. The summed E-state index contributed by atoms with van der Waals surface area (Å²) in [6, 6.07) is 0. The Labute approximate surface area is 127 Å². The molecule has 3 heterocycles. The summed E-state index contributed by atoms with van der Waals surface area (Å²) in [6.45, 7) is 7.42. The largest absolute Gasteiger partial charge is 0.340 e. The smallest absolute Gasteiger partial charge is 0.225 e. The fourth-order valence-electron chi connectivity index (χ4n) is 2.57. The van der Waals surface area contributed by atoms with Gasteiger partial charge in [0, 0.05) is 56.3 Å².